The van der Waals surface area contributed by atoms with E-state index >= 15 is 0 Å². The molecule has 0 bridgehead atoms. The molecular formula is C22H25LiO. The first-order chi connectivity index (χ1) is 11.3. The van der Waals surface area contributed by atoms with Crippen molar-refractivity contribution in [2.75, 3.05) is 7.11 Å². The molecule has 1 atom stereocenters. The Morgan fingerprint density at radius 1 is 1.08 bits per heavy atom. The van der Waals surface area contributed by atoms with Crippen LogP contribution in [-0.2, 0) is 5.41 Å². The molecule has 0 saturated carbocycles. The van der Waals surface area contributed by atoms with Crippen LogP contribution in [0.1, 0.15) is 54.5 Å². The van der Waals surface area contributed by atoms with Gasteiger partial charge in [0, 0.05) is 0 Å². The van der Waals surface area contributed by atoms with Crippen LogP contribution in [0.5, 0.6) is 5.75 Å². The zero-order valence-corrected chi connectivity index (χ0v) is 15.9. The van der Waals surface area contributed by atoms with E-state index in [-0.39, 0.29) is 5.41 Å². The fourth-order valence-corrected chi connectivity index (χ4v) is 3.70. The molecule has 2 heteroatoms. The molecule has 1 nitrogen and oxygen atoms in total. The molecule has 2 aromatic rings. The minimum atomic E-state index is 0.0357. The summed E-state index contributed by atoms with van der Waals surface area (Å²) in [5.74, 6) is 1.02. The van der Waals surface area contributed by atoms with Gasteiger partial charge in [0.1, 0.15) is 0 Å². The second kappa shape index (κ2) is 6.14. The van der Waals surface area contributed by atoms with E-state index in [0.29, 0.717) is 4.59 Å². The van der Waals surface area contributed by atoms with Crippen LogP contribution in [0, 0.1) is 6.92 Å². The number of hydrogen-bond acceptors (Lipinski definition) is 1. The van der Waals surface area contributed by atoms with Gasteiger partial charge in [-0.15, -0.1) is 0 Å². The maximum absolute atomic E-state index is 5.98. The number of allylic oxidation sites excluding steroid dienone is 1. The summed E-state index contributed by atoms with van der Waals surface area (Å²) in [5, 5.41) is 0. The average molecular weight is 312 g/mol. The summed E-state index contributed by atoms with van der Waals surface area (Å²) < 4.78 is 6.45. The first kappa shape index (κ1) is 17.4. The summed E-state index contributed by atoms with van der Waals surface area (Å²) in [6, 6.07) is 11.0. The Kier molecular flexibility index (Phi) is 4.45. The van der Waals surface area contributed by atoms with Crippen LogP contribution in [0.4, 0.5) is 0 Å². The SMILES string of the molecule is [Li][CH]1C(C)=Cc2c1cc(C(C)(C)C)c(OC)c2-c1ccccc1C. The number of methoxy groups -OCH3 is 1. The molecule has 0 aliphatic heterocycles. The average Bonchev–Trinajstić information content (AvgIpc) is 2.80. The molecule has 3 rings (SSSR count). The molecule has 0 radical (unpaired) electrons. The number of benzene rings is 2. The number of hydrogen-bond donors (Lipinski definition) is 0. The van der Waals surface area contributed by atoms with Gasteiger partial charge in [-0.05, 0) is 0 Å². The predicted octanol–water partition coefficient (Wildman–Crippen LogP) is 5.59. The van der Waals surface area contributed by atoms with Gasteiger partial charge in [-0.1, -0.05) is 0 Å². The van der Waals surface area contributed by atoms with Crippen LogP contribution < -0.4 is 4.74 Å². The monoisotopic (exact) mass is 312 g/mol. The molecule has 1 aliphatic rings. The van der Waals surface area contributed by atoms with Gasteiger partial charge in [-0.3, -0.25) is 0 Å². The topological polar surface area (TPSA) is 9.23 Å². The number of fused-ring (bicyclic) bond motifs is 1. The Hall–Kier alpha value is -1.42. The number of ether oxygens (including phenoxy) is 1. The zero-order chi connectivity index (χ0) is 17.6. The number of aryl methyl sites for hydroxylation is 1. The van der Waals surface area contributed by atoms with Crippen molar-refractivity contribution >= 4 is 23.8 Å². The van der Waals surface area contributed by atoms with E-state index in [1.54, 1.807) is 7.11 Å². The summed E-state index contributed by atoms with van der Waals surface area (Å²) in [4.78, 5) is 0. The van der Waals surface area contributed by atoms with Crippen molar-refractivity contribution in [1.82, 2.24) is 0 Å². The van der Waals surface area contributed by atoms with Gasteiger partial charge < -0.3 is 0 Å². The van der Waals surface area contributed by atoms with Crippen molar-refractivity contribution in [3.05, 3.63) is 58.2 Å². The molecule has 2 aromatic carbocycles. The first-order valence-corrected chi connectivity index (χ1v) is 8.75. The van der Waals surface area contributed by atoms with Crippen molar-refractivity contribution < 1.29 is 4.74 Å². The molecule has 24 heavy (non-hydrogen) atoms. The molecule has 0 N–H and O–H groups in total. The summed E-state index contributed by atoms with van der Waals surface area (Å²) in [5.41, 5.74) is 9.32. The maximum atomic E-state index is 5.98. The van der Waals surface area contributed by atoms with Crippen molar-refractivity contribution in [1.29, 1.82) is 0 Å². The number of rotatable bonds is 2. The molecule has 0 heterocycles. The van der Waals surface area contributed by atoms with E-state index < -0.39 is 0 Å². The second-order valence-corrected chi connectivity index (χ2v) is 8.01. The minimum absolute atomic E-state index is 0.0357. The predicted molar refractivity (Wildman–Crippen MR) is 104 cm³/mol. The first-order valence-electron chi connectivity index (χ1n) is 8.75. The molecule has 0 spiro atoms. The third-order valence-corrected chi connectivity index (χ3v) is 5.30. The van der Waals surface area contributed by atoms with Gasteiger partial charge in [-0.2, -0.15) is 0 Å². The van der Waals surface area contributed by atoms with E-state index in [9.17, 15) is 0 Å². The Morgan fingerprint density at radius 2 is 1.75 bits per heavy atom. The van der Waals surface area contributed by atoms with E-state index in [1.807, 2.05) is 0 Å². The fraction of sp³-hybridized carbons (Fsp3) is 0.364. The van der Waals surface area contributed by atoms with Crippen LogP contribution in [-0.4, -0.2) is 24.8 Å². The molecule has 0 saturated heterocycles. The standard InChI is InChI=1S/C22H25O.Li/c1-14-11-16-13-19(22(3,4)5)21(23-6)20(18(16)12-14)17-10-8-7-9-15(17)2;/h7-13H,1-6H3;. The van der Waals surface area contributed by atoms with Gasteiger partial charge in [0.25, 0.3) is 0 Å². The molecule has 0 aromatic heterocycles. The van der Waals surface area contributed by atoms with Gasteiger partial charge in [0.2, 0.25) is 0 Å². The normalized spacial score (nSPS) is 16.8. The quantitative estimate of drug-likeness (QED) is 0.656. The van der Waals surface area contributed by atoms with Crippen molar-refractivity contribution in [3.8, 4) is 16.9 Å². The molecule has 1 unspecified atom stereocenters. The summed E-state index contributed by atoms with van der Waals surface area (Å²) in [6.07, 6.45) is 2.34. The van der Waals surface area contributed by atoms with Gasteiger partial charge in [0.05, 0.1) is 0 Å². The molecule has 0 amide bonds. The Morgan fingerprint density at radius 3 is 2.33 bits per heavy atom. The van der Waals surface area contributed by atoms with Crippen LogP contribution in [0.3, 0.4) is 0 Å². The van der Waals surface area contributed by atoms with E-state index in [2.05, 4.69) is 88.7 Å². The summed E-state index contributed by atoms with van der Waals surface area (Å²) in [6.45, 7) is 11.2. The van der Waals surface area contributed by atoms with Crippen molar-refractivity contribution in [2.45, 2.75) is 44.6 Å². The van der Waals surface area contributed by atoms with Crippen LogP contribution in [0.25, 0.3) is 17.2 Å². The van der Waals surface area contributed by atoms with Crippen molar-refractivity contribution in [2.24, 2.45) is 0 Å². The van der Waals surface area contributed by atoms with Crippen molar-refractivity contribution in [3.63, 3.8) is 0 Å². The third kappa shape index (κ3) is 2.75. The third-order valence-electron chi connectivity index (χ3n) is 5.30. The Balaban J connectivity index is 2.44. The fourth-order valence-electron chi connectivity index (χ4n) is 3.70. The van der Waals surface area contributed by atoms with Crippen LogP contribution >= 0.6 is 0 Å². The van der Waals surface area contributed by atoms with Gasteiger partial charge in [0.15, 0.2) is 0 Å². The zero-order valence-electron chi connectivity index (χ0n) is 15.9. The van der Waals surface area contributed by atoms with Gasteiger partial charge in [-0.25, -0.2) is 0 Å². The Bertz CT molecular complexity index is 825. The molecule has 0 fully saturated rings. The summed E-state index contributed by atoms with van der Waals surface area (Å²) >= 11 is 2.30. The second-order valence-electron chi connectivity index (χ2n) is 8.01. The van der Waals surface area contributed by atoms with E-state index in [1.165, 1.54) is 39.0 Å². The molecule has 120 valence electrons. The Labute approximate surface area is 155 Å². The van der Waals surface area contributed by atoms with E-state index in [4.69, 9.17) is 4.74 Å². The van der Waals surface area contributed by atoms with E-state index in [0.717, 1.165) is 5.75 Å². The summed E-state index contributed by atoms with van der Waals surface area (Å²) in [7, 11) is 1.80. The molecular weight excluding hydrogens is 287 g/mol. The molecule has 1 aliphatic carbocycles. The van der Waals surface area contributed by atoms with Crippen LogP contribution in [0.2, 0.25) is 0 Å². The van der Waals surface area contributed by atoms with Gasteiger partial charge >= 0.3 is 155 Å². The van der Waals surface area contributed by atoms with Crippen LogP contribution in [0.15, 0.2) is 35.9 Å².